The van der Waals surface area contributed by atoms with Gasteiger partial charge in [-0.05, 0) is 30.7 Å². The molecule has 2 aromatic heterocycles. The number of ether oxygens (including phenoxy) is 1. The van der Waals surface area contributed by atoms with Crippen LogP contribution < -0.4 is 9.64 Å². The number of amides is 1. The lowest BCUT2D eigenvalue weighted by molar-refractivity contribution is 0.0737. The number of nitrogens with zero attached hydrogens (tertiary/aromatic N) is 5. The number of rotatable bonds is 6. The fourth-order valence-electron chi connectivity index (χ4n) is 4.15. The Bertz CT molecular complexity index is 1250. The minimum atomic E-state index is 0.00201. The van der Waals surface area contributed by atoms with E-state index in [2.05, 4.69) is 15.0 Å². The molecule has 0 aliphatic carbocycles. The maximum atomic E-state index is 13.3. The second-order valence-electron chi connectivity index (χ2n) is 8.35. The molecule has 0 saturated carbocycles. The third-order valence-electron chi connectivity index (χ3n) is 5.93. The van der Waals surface area contributed by atoms with E-state index in [9.17, 15) is 4.79 Å². The zero-order chi connectivity index (χ0) is 23.3. The first-order valence-electron chi connectivity index (χ1n) is 11.5. The van der Waals surface area contributed by atoms with E-state index in [1.807, 2.05) is 90.8 Å². The zero-order valence-electron chi connectivity index (χ0n) is 19.2. The van der Waals surface area contributed by atoms with Crippen molar-refractivity contribution in [2.24, 2.45) is 0 Å². The van der Waals surface area contributed by atoms with Gasteiger partial charge < -0.3 is 14.5 Å². The van der Waals surface area contributed by atoms with Crippen LogP contribution in [-0.4, -0.2) is 51.8 Å². The summed E-state index contributed by atoms with van der Waals surface area (Å²) in [4.78, 5) is 21.8. The fraction of sp³-hybridized carbons (Fsp3) is 0.222. The predicted octanol–water partition coefficient (Wildman–Crippen LogP) is 4.12. The van der Waals surface area contributed by atoms with Crippen LogP contribution in [0.5, 0.6) is 5.75 Å². The lowest BCUT2D eigenvalue weighted by atomic mass is 10.2. The van der Waals surface area contributed by atoms with E-state index in [-0.39, 0.29) is 5.91 Å². The lowest BCUT2D eigenvalue weighted by Gasteiger charge is -2.36. The molecule has 2 aromatic carbocycles. The van der Waals surface area contributed by atoms with Crippen molar-refractivity contribution in [3.05, 3.63) is 102 Å². The van der Waals surface area contributed by atoms with E-state index in [4.69, 9.17) is 4.74 Å². The molecule has 1 aliphatic rings. The molecule has 0 atom stereocenters. The summed E-state index contributed by atoms with van der Waals surface area (Å²) in [6, 6.07) is 23.7. The third kappa shape index (κ3) is 4.78. The Morgan fingerprint density at radius 3 is 2.32 bits per heavy atom. The van der Waals surface area contributed by atoms with Crippen LogP contribution in [0.3, 0.4) is 0 Å². The molecule has 1 aliphatic heterocycles. The molecule has 0 unspecified atom stereocenters. The number of para-hydroxylation sites is 1. The molecule has 5 rings (SSSR count). The SMILES string of the molecule is Cc1cc(C(=O)N2CCN(c3cncc(OCc4ccccc4)c3)CC2)n(-c2ccccc2)n1. The summed E-state index contributed by atoms with van der Waals surface area (Å²) in [6.07, 6.45) is 3.58. The first-order chi connectivity index (χ1) is 16.7. The summed E-state index contributed by atoms with van der Waals surface area (Å²) in [5.74, 6) is 0.740. The van der Waals surface area contributed by atoms with Crippen molar-refractivity contribution in [3.8, 4) is 11.4 Å². The first-order valence-corrected chi connectivity index (χ1v) is 11.5. The fourth-order valence-corrected chi connectivity index (χ4v) is 4.15. The molecule has 0 radical (unpaired) electrons. The van der Waals surface area contributed by atoms with Gasteiger partial charge in [-0.3, -0.25) is 9.78 Å². The van der Waals surface area contributed by atoms with Gasteiger partial charge in [0.1, 0.15) is 18.1 Å². The number of hydrogen-bond donors (Lipinski definition) is 0. The van der Waals surface area contributed by atoms with Gasteiger partial charge in [-0.15, -0.1) is 0 Å². The van der Waals surface area contributed by atoms with E-state index in [1.54, 1.807) is 10.9 Å². The second kappa shape index (κ2) is 9.79. The van der Waals surface area contributed by atoms with E-state index in [0.29, 0.717) is 25.4 Å². The van der Waals surface area contributed by atoms with Gasteiger partial charge in [-0.2, -0.15) is 5.10 Å². The summed E-state index contributed by atoms with van der Waals surface area (Å²) in [6.45, 7) is 5.14. The Morgan fingerprint density at radius 2 is 1.59 bits per heavy atom. The van der Waals surface area contributed by atoms with Crippen molar-refractivity contribution in [1.82, 2.24) is 19.7 Å². The number of carbonyl (C=O) groups excluding carboxylic acids is 1. The van der Waals surface area contributed by atoms with Gasteiger partial charge in [0.2, 0.25) is 0 Å². The van der Waals surface area contributed by atoms with E-state index < -0.39 is 0 Å². The van der Waals surface area contributed by atoms with Crippen LogP contribution in [0, 0.1) is 6.92 Å². The summed E-state index contributed by atoms with van der Waals surface area (Å²) >= 11 is 0. The average molecular weight is 454 g/mol. The highest BCUT2D eigenvalue weighted by Gasteiger charge is 2.26. The highest BCUT2D eigenvalue weighted by molar-refractivity contribution is 5.93. The van der Waals surface area contributed by atoms with Crippen LogP contribution >= 0.6 is 0 Å². The molecule has 0 N–H and O–H groups in total. The molecular weight excluding hydrogens is 426 g/mol. The number of benzene rings is 2. The highest BCUT2D eigenvalue weighted by atomic mass is 16.5. The van der Waals surface area contributed by atoms with Crippen molar-refractivity contribution in [2.45, 2.75) is 13.5 Å². The quantitative estimate of drug-likeness (QED) is 0.440. The van der Waals surface area contributed by atoms with E-state index in [0.717, 1.165) is 41.5 Å². The van der Waals surface area contributed by atoms with Crippen LogP contribution in [0.2, 0.25) is 0 Å². The van der Waals surface area contributed by atoms with Gasteiger partial charge in [0.05, 0.1) is 29.5 Å². The Balaban J connectivity index is 1.23. The summed E-state index contributed by atoms with van der Waals surface area (Å²) in [5, 5.41) is 4.54. The number of hydrogen-bond acceptors (Lipinski definition) is 5. The number of carbonyl (C=O) groups is 1. The Hall–Kier alpha value is -4.13. The molecule has 3 heterocycles. The third-order valence-corrected chi connectivity index (χ3v) is 5.93. The average Bonchev–Trinajstić information content (AvgIpc) is 3.30. The van der Waals surface area contributed by atoms with Crippen molar-refractivity contribution in [1.29, 1.82) is 0 Å². The van der Waals surface area contributed by atoms with Crippen LogP contribution in [0.4, 0.5) is 5.69 Å². The molecular formula is C27H27N5O2. The predicted molar refractivity (Wildman–Crippen MR) is 131 cm³/mol. The van der Waals surface area contributed by atoms with Crippen molar-refractivity contribution in [2.75, 3.05) is 31.1 Å². The summed E-state index contributed by atoms with van der Waals surface area (Å²) in [5.41, 5.74) is 4.42. The number of piperazine rings is 1. The summed E-state index contributed by atoms with van der Waals surface area (Å²) in [7, 11) is 0. The van der Waals surface area contributed by atoms with Gasteiger partial charge >= 0.3 is 0 Å². The number of anilines is 1. The van der Waals surface area contributed by atoms with Crippen LogP contribution in [-0.2, 0) is 6.61 Å². The minimum Gasteiger partial charge on any atom is -0.487 e. The normalized spacial score (nSPS) is 13.7. The van der Waals surface area contributed by atoms with Crippen molar-refractivity contribution < 1.29 is 9.53 Å². The van der Waals surface area contributed by atoms with Gasteiger partial charge in [-0.25, -0.2) is 4.68 Å². The van der Waals surface area contributed by atoms with Gasteiger partial charge in [0.25, 0.3) is 5.91 Å². The largest absolute Gasteiger partial charge is 0.487 e. The topological polar surface area (TPSA) is 63.5 Å². The Kier molecular flexibility index (Phi) is 6.25. The van der Waals surface area contributed by atoms with Crippen LogP contribution in [0.1, 0.15) is 21.7 Å². The molecule has 1 fully saturated rings. The molecule has 0 spiro atoms. The number of aryl methyl sites for hydroxylation is 1. The Morgan fingerprint density at radius 1 is 0.882 bits per heavy atom. The lowest BCUT2D eigenvalue weighted by Crippen LogP contribution is -2.49. The molecule has 4 aromatic rings. The molecule has 1 saturated heterocycles. The van der Waals surface area contributed by atoms with E-state index >= 15 is 0 Å². The van der Waals surface area contributed by atoms with Crippen LogP contribution in [0.25, 0.3) is 5.69 Å². The van der Waals surface area contributed by atoms with Gasteiger partial charge in [-0.1, -0.05) is 48.5 Å². The molecule has 172 valence electrons. The van der Waals surface area contributed by atoms with Gasteiger partial charge in [0.15, 0.2) is 0 Å². The van der Waals surface area contributed by atoms with E-state index in [1.165, 1.54) is 0 Å². The minimum absolute atomic E-state index is 0.00201. The molecule has 7 heteroatoms. The highest BCUT2D eigenvalue weighted by Crippen LogP contribution is 2.23. The number of aromatic nitrogens is 3. The first kappa shape index (κ1) is 21.7. The maximum Gasteiger partial charge on any atom is 0.272 e. The molecule has 7 nitrogen and oxygen atoms in total. The maximum absolute atomic E-state index is 13.3. The smallest absolute Gasteiger partial charge is 0.272 e. The summed E-state index contributed by atoms with van der Waals surface area (Å²) < 4.78 is 7.67. The second-order valence-corrected chi connectivity index (χ2v) is 8.35. The Labute approximate surface area is 199 Å². The molecule has 1 amide bonds. The molecule has 0 bridgehead atoms. The van der Waals surface area contributed by atoms with Crippen molar-refractivity contribution in [3.63, 3.8) is 0 Å². The molecule has 34 heavy (non-hydrogen) atoms. The van der Waals surface area contributed by atoms with Crippen molar-refractivity contribution >= 4 is 11.6 Å². The zero-order valence-corrected chi connectivity index (χ0v) is 19.2. The standard InChI is InChI=1S/C27H27N5O2/c1-21-16-26(32(29-21)23-10-6-3-7-11-23)27(33)31-14-12-30(13-15-31)24-17-25(19-28-18-24)34-20-22-8-4-2-5-9-22/h2-11,16-19H,12-15,20H2,1H3. The number of pyridine rings is 1. The monoisotopic (exact) mass is 453 g/mol. The van der Waals surface area contributed by atoms with Crippen LogP contribution in [0.15, 0.2) is 85.2 Å². The van der Waals surface area contributed by atoms with Gasteiger partial charge in [0, 0.05) is 32.2 Å².